The number of piperazine rings is 1. The first-order chi connectivity index (χ1) is 10.3. The van der Waals surface area contributed by atoms with Crippen molar-refractivity contribution in [2.45, 2.75) is 20.4 Å². The minimum Gasteiger partial charge on any atom is -0.358 e. The van der Waals surface area contributed by atoms with Gasteiger partial charge in [-0.3, -0.25) is 4.90 Å². The maximum atomic E-state index is 12.9. The molecular formula is C15H19FN2O3S. The van der Waals surface area contributed by atoms with Crippen LogP contribution in [0.2, 0.25) is 0 Å². The van der Waals surface area contributed by atoms with Gasteiger partial charge in [-0.2, -0.15) is 8.42 Å². The van der Waals surface area contributed by atoms with E-state index in [2.05, 4.69) is 20.3 Å². The van der Waals surface area contributed by atoms with Gasteiger partial charge in [-0.15, -0.1) is 6.42 Å². The van der Waals surface area contributed by atoms with Gasteiger partial charge in [0.1, 0.15) is 0 Å². The average Bonchev–Trinajstić information content (AvgIpc) is 2.46. The highest BCUT2D eigenvalue weighted by molar-refractivity contribution is 7.81. The van der Waals surface area contributed by atoms with Crippen molar-refractivity contribution in [3.63, 3.8) is 0 Å². The third-order valence-corrected chi connectivity index (χ3v) is 4.19. The Morgan fingerprint density at radius 2 is 2.00 bits per heavy atom. The number of nitrogens with one attached hydrogen (secondary N) is 1. The van der Waals surface area contributed by atoms with Crippen LogP contribution in [0.15, 0.2) is 6.07 Å². The number of hydrogen-bond donors (Lipinski definition) is 1. The fourth-order valence-corrected chi connectivity index (χ4v) is 3.04. The molecule has 0 radical (unpaired) electrons. The molecule has 0 amide bonds. The first-order valence-electron chi connectivity index (χ1n) is 6.98. The summed E-state index contributed by atoms with van der Waals surface area (Å²) in [7, 11) is -5.09. The third-order valence-electron chi connectivity index (χ3n) is 3.83. The van der Waals surface area contributed by atoms with Crippen LogP contribution in [0.1, 0.15) is 22.3 Å². The molecule has 120 valence electrons. The van der Waals surface area contributed by atoms with Crippen molar-refractivity contribution in [3.05, 3.63) is 28.3 Å². The number of halogens is 1. The van der Waals surface area contributed by atoms with Crippen LogP contribution >= 0.6 is 0 Å². The van der Waals surface area contributed by atoms with Crippen LogP contribution in [0.4, 0.5) is 3.89 Å². The minimum atomic E-state index is -5.09. The number of terminal acetylenes is 1. The van der Waals surface area contributed by atoms with Crippen molar-refractivity contribution in [3.8, 4) is 18.1 Å². The van der Waals surface area contributed by atoms with Gasteiger partial charge in [0.25, 0.3) is 0 Å². The molecule has 0 spiro atoms. The van der Waals surface area contributed by atoms with E-state index in [9.17, 15) is 12.3 Å². The molecular weight excluding hydrogens is 307 g/mol. The van der Waals surface area contributed by atoms with Crippen molar-refractivity contribution in [2.24, 2.45) is 0 Å². The van der Waals surface area contributed by atoms with Crippen molar-refractivity contribution >= 4 is 10.5 Å². The van der Waals surface area contributed by atoms with Gasteiger partial charge in [0.2, 0.25) is 0 Å². The summed E-state index contributed by atoms with van der Waals surface area (Å²) in [5.74, 6) is 2.49. The van der Waals surface area contributed by atoms with Crippen LogP contribution in [0, 0.1) is 26.2 Å². The predicted octanol–water partition coefficient (Wildman–Crippen LogP) is 1.28. The van der Waals surface area contributed by atoms with Crippen LogP contribution < -0.4 is 9.50 Å². The monoisotopic (exact) mass is 326 g/mol. The zero-order valence-electron chi connectivity index (χ0n) is 12.6. The molecule has 0 aromatic heterocycles. The maximum absolute atomic E-state index is 12.9. The molecule has 1 aromatic rings. The lowest BCUT2D eigenvalue weighted by Crippen LogP contribution is -2.43. The van der Waals surface area contributed by atoms with E-state index in [1.54, 1.807) is 13.8 Å². The summed E-state index contributed by atoms with van der Waals surface area (Å²) < 4.78 is 39.1. The van der Waals surface area contributed by atoms with Gasteiger partial charge in [-0.1, -0.05) is 9.81 Å². The third kappa shape index (κ3) is 3.97. The van der Waals surface area contributed by atoms with Crippen molar-refractivity contribution in [1.82, 2.24) is 10.2 Å². The quantitative estimate of drug-likeness (QED) is 0.667. The highest BCUT2D eigenvalue weighted by atomic mass is 32.3. The first kappa shape index (κ1) is 16.7. The second-order valence-corrected chi connectivity index (χ2v) is 6.26. The molecule has 0 aliphatic carbocycles. The largest absolute Gasteiger partial charge is 0.488 e. The molecule has 7 heteroatoms. The van der Waals surface area contributed by atoms with Crippen molar-refractivity contribution in [2.75, 3.05) is 26.2 Å². The molecule has 0 atom stereocenters. The van der Waals surface area contributed by atoms with E-state index in [1.165, 1.54) is 0 Å². The van der Waals surface area contributed by atoms with Gasteiger partial charge in [0, 0.05) is 43.9 Å². The van der Waals surface area contributed by atoms with E-state index < -0.39 is 10.5 Å². The first-order valence-corrected chi connectivity index (χ1v) is 8.29. The fraction of sp³-hybridized carbons (Fsp3) is 0.467. The van der Waals surface area contributed by atoms with Gasteiger partial charge < -0.3 is 9.50 Å². The number of rotatable bonds is 4. The lowest BCUT2D eigenvalue weighted by Gasteiger charge is -2.28. The number of nitrogens with zero attached hydrogens (tertiary/aromatic N) is 1. The Hall–Kier alpha value is -1.62. The molecule has 5 nitrogen and oxygen atoms in total. The van der Waals surface area contributed by atoms with Crippen molar-refractivity contribution in [1.29, 1.82) is 0 Å². The number of hydrogen-bond acceptors (Lipinski definition) is 5. The summed E-state index contributed by atoms with van der Waals surface area (Å²) in [5.41, 5.74) is 2.40. The zero-order chi connectivity index (χ0) is 16.3. The predicted molar refractivity (Wildman–Crippen MR) is 82.7 cm³/mol. The summed E-state index contributed by atoms with van der Waals surface area (Å²) in [5, 5.41) is 3.26. The SMILES string of the molecule is C#Cc1cc(CN2CCNCC2)c(C)c(OS(=O)(=O)F)c1C. The smallest absolute Gasteiger partial charge is 0.358 e. The van der Waals surface area contributed by atoms with Crippen LogP contribution in [-0.2, 0) is 17.0 Å². The molecule has 1 heterocycles. The summed E-state index contributed by atoms with van der Waals surface area (Å²) in [6.07, 6.45) is 5.46. The standard InChI is InChI=1S/C15H19FN2O3S/c1-4-13-9-14(10-18-7-5-17-6-8-18)12(3)15(11(13)2)21-22(16,19)20/h1,9,17H,5-8,10H2,2-3H3. The zero-order valence-corrected chi connectivity index (χ0v) is 13.5. The second-order valence-electron chi connectivity index (χ2n) is 5.31. The molecule has 1 aromatic carbocycles. The van der Waals surface area contributed by atoms with E-state index in [4.69, 9.17) is 6.42 Å². The normalized spacial score (nSPS) is 16.3. The Kier molecular flexibility index (Phi) is 5.06. The van der Waals surface area contributed by atoms with Crippen LogP contribution in [0.5, 0.6) is 5.75 Å². The second kappa shape index (κ2) is 6.65. The Morgan fingerprint density at radius 1 is 1.36 bits per heavy atom. The highest BCUT2D eigenvalue weighted by Gasteiger charge is 2.20. The van der Waals surface area contributed by atoms with E-state index in [0.717, 1.165) is 31.7 Å². The van der Waals surface area contributed by atoms with E-state index in [0.29, 0.717) is 23.2 Å². The minimum absolute atomic E-state index is 0.0110. The molecule has 0 unspecified atom stereocenters. The Balaban J connectivity index is 2.41. The van der Waals surface area contributed by atoms with Gasteiger partial charge >= 0.3 is 10.5 Å². The lowest BCUT2D eigenvalue weighted by molar-refractivity contribution is 0.232. The molecule has 1 saturated heterocycles. The lowest BCUT2D eigenvalue weighted by atomic mass is 9.98. The molecule has 22 heavy (non-hydrogen) atoms. The van der Waals surface area contributed by atoms with E-state index >= 15 is 0 Å². The van der Waals surface area contributed by atoms with E-state index in [1.807, 2.05) is 6.07 Å². The molecule has 1 fully saturated rings. The summed E-state index contributed by atoms with van der Waals surface area (Å²) in [6.45, 7) is 7.52. The molecule has 1 N–H and O–H groups in total. The Labute approximate surface area is 130 Å². The molecule has 0 bridgehead atoms. The Morgan fingerprint density at radius 3 is 2.55 bits per heavy atom. The van der Waals surface area contributed by atoms with Crippen molar-refractivity contribution < 1.29 is 16.5 Å². The maximum Gasteiger partial charge on any atom is 0.488 e. The van der Waals surface area contributed by atoms with Crippen LogP contribution in [0.25, 0.3) is 0 Å². The molecule has 0 saturated carbocycles. The highest BCUT2D eigenvalue weighted by Crippen LogP contribution is 2.31. The molecule has 2 rings (SSSR count). The van der Waals surface area contributed by atoms with Gasteiger partial charge in [-0.25, -0.2) is 0 Å². The van der Waals surface area contributed by atoms with Crippen LogP contribution in [0.3, 0.4) is 0 Å². The van der Waals surface area contributed by atoms with E-state index in [-0.39, 0.29) is 5.75 Å². The van der Waals surface area contributed by atoms with Crippen LogP contribution in [-0.4, -0.2) is 39.5 Å². The number of benzene rings is 1. The Bertz CT molecular complexity index is 704. The molecule has 1 aliphatic heterocycles. The van der Waals surface area contributed by atoms with Gasteiger partial charge in [0.05, 0.1) is 0 Å². The summed E-state index contributed by atoms with van der Waals surface area (Å²) >= 11 is 0. The summed E-state index contributed by atoms with van der Waals surface area (Å²) in [6, 6.07) is 1.84. The average molecular weight is 326 g/mol. The van der Waals surface area contributed by atoms with Gasteiger partial charge in [-0.05, 0) is 31.0 Å². The summed E-state index contributed by atoms with van der Waals surface area (Å²) in [4.78, 5) is 2.22. The van der Waals surface area contributed by atoms with Gasteiger partial charge in [0.15, 0.2) is 5.75 Å². The topological polar surface area (TPSA) is 58.6 Å². The molecule has 1 aliphatic rings. The fourth-order valence-electron chi connectivity index (χ4n) is 2.59.